The summed E-state index contributed by atoms with van der Waals surface area (Å²) in [5.74, 6) is 0.723. The molecule has 1 aliphatic carbocycles. The quantitative estimate of drug-likeness (QED) is 0.630. The highest BCUT2D eigenvalue weighted by atomic mass is 16.5. The van der Waals surface area contributed by atoms with Crippen molar-refractivity contribution in [3.8, 4) is 0 Å². The van der Waals surface area contributed by atoms with Crippen molar-refractivity contribution in [2.75, 3.05) is 20.3 Å². The maximum Gasteiger partial charge on any atom is 0.0502 e. The van der Waals surface area contributed by atoms with Gasteiger partial charge in [0, 0.05) is 19.7 Å². The Morgan fingerprint density at radius 2 is 2.25 bits per heavy atom. The summed E-state index contributed by atoms with van der Waals surface area (Å²) in [6.45, 7) is 4.29. The normalized spacial score (nSPS) is 19.5. The highest BCUT2D eigenvalue weighted by Gasteiger charge is 2.21. The maximum atomic E-state index is 5.17. The molecule has 0 aromatic heterocycles. The molecule has 2 nitrogen and oxygen atoms in total. The Bertz CT molecular complexity index is 106. The van der Waals surface area contributed by atoms with Crippen LogP contribution in [0, 0.1) is 5.92 Å². The summed E-state index contributed by atoms with van der Waals surface area (Å²) >= 11 is 0. The Morgan fingerprint density at radius 1 is 1.50 bits per heavy atom. The fourth-order valence-electron chi connectivity index (χ4n) is 1.51. The van der Waals surface area contributed by atoms with E-state index in [1.807, 2.05) is 0 Å². The number of rotatable bonds is 7. The molecule has 72 valence electrons. The van der Waals surface area contributed by atoms with Gasteiger partial charge in [0.25, 0.3) is 0 Å². The second kappa shape index (κ2) is 5.55. The number of methoxy groups -OCH3 is 1. The fraction of sp³-hybridized carbons (Fsp3) is 1.00. The predicted molar refractivity (Wildman–Crippen MR) is 51.3 cm³/mol. The van der Waals surface area contributed by atoms with Crippen LogP contribution in [0.1, 0.15) is 32.6 Å². The van der Waals surface area contributed by atoms with Gasteiger partial charge < -0.3 is 10.1 Å². The zero-order valence-corrected chi connectivity index (χ0v) is 8.31. The molecule has 0 bridgehead atoms. The summed E-state index contributed by atoms with van der Waals surface area (Å²) in [4.78, 5) is 0. The van der Waals surface area contributed by atoms with Crippen molar-refractivity contribution >= 4 is 0 Å². The van der Waals surface area contributed by atoms with E-state index in [2.05, 4.69) is 12.2 Å². The average Bonchev–Trinajstić information content (AvgIpc) is 2.84. The molecular weight excluding hydrogens is 150 g/mol. The molecule has 0 aromatic rings. The number of nitrogens with one attached hydrogen (secondary N) is 1. The molecule has 1 fully saturated rings. The van der Waals surface area contributed by atoms with Crippen molar-refractivity contribution in [3.63, 3.8) is 0 Å². The highest BCUT2D eigenvalue weighted by molar-refractivity contribution is 4.81. The summed E-state index contributed by atoms with van der Waals surface area (Å²) in [5, 5.41) is 3.55. The first-order chi connectivity index (χ1) is 5.86. The summed E-state index contributed by atoms with van der Waals surface area (Å²) in [6.07, 6.45) is 5.31. The second-order valence-electron chi connectivity index (χ2n) is 3.79. The van der Waals surface area contributed by atoms with E-state index < -0.39 is 0 Å². The Kier molecular flexibility index (Phi) is 4.62. The van der Waals surface area contributed by atoms with Gasteiger partial charge in [0.05, 0.1) is 6.61 Å². The van der Waals surface area contributed by atoms with Crippen LogP contribution in [0.4, 0.5) is 0 Å². The Balaban J connectivity index is 2.03. The van der Waals surface area contributed by atoms with Gasteiger partial charge >= 0.3 is 0 Å². The van der Waals surface area contributed by atoms with Crippen LogP contribution in [-0.4, -0.2) is 26.3 Å². The van der Waals surface area contributed by atoms with Crippen molar-refractivity contribution in [1.82, 2.24) is 5.32 Å². The van der Waals surface area contributed by atoms with Crippen molar-refractivity contribution < 1.29 is 4.74 Å². The molecule has 0 spiro atoms. The first-order valence-corrected chi connectivity index (χ1v) is 5.09. The monoisotopic (exact) mass is 171 g/mol. The van der Waals surface area contributed by atoms with Crippen LogP contribution in [0.5, 0.6) is 0 Å². The molecule has 1 rings (SSSR count). The molecule has 0 heterocycles. The Morgan fingerprint density at radius 3 is 2.75 bits per heavy atom. The molecule has 1 aliphatic rings. The molecular formula is C10H21NO. The summed E-state index contributed by atoms with van der Waals surface area (Å²) in [7, 11) is 1.79. The average molecular weight is 171 g/mol. The minimum Gasteiger partial charge on any atom is -0.384 e. The fourth-order valence-corrected chi connectivity index (χ4v) is 1.51. The van der Waals surface area contributed by atoms with Gasteiger partial charge in [0.15, 0.2) is 0 Å². The van der Waals surface area contributed by atoms with Gasteiger partial charge in [-0.1, -0.05) is 13.3 Å². The summed E-state index contributed by atoms with van der Waals surface area (Å²) < 4.78 is 5.17. The lowest BCUT2D eigenvalue weighted by Gasteiger charge is -2.15. The van der Waals surface area contributed by atoms with Gasteiger partial charge in [-0.15, -0.1) is 0 Å². The van der Waals surface area contributed by atoms with Crippen LogP contribution in [0.2, 0.25) is 0 Å². The van der Waals surface area contributed by atoms with Gasteiger partial charge in [-0.2, -0.15) is 0 Å². The van der Waals surface area contributed by atoms with Crippen molar-refractivity contribution in [1.29, 1.82) is 0 Å². The highest BCUT2D eigenvalue weighted by Crippen LogP contribution is 2.19. The van der Waals surface area contributed by atoms with Crippen LogP contribution in [-0.2, 0) is 4.74 Å². The molecule has 1 unspecified atom stereocenters. The van der Waals surface area contributed by atoms with Crippen LogP contribution in [0.25, 0.3) is 0 Å². The minimum atomic E-state index is 0.723. The molecule has 12 heavy (non-hydrogen) atoms. The van der Waals surface area contributed by atoms with E-state index in [1.54, 1.807) is 7.11 Å². The molecule has 0 saturated heterocycles. The topological polar surface area (TPSA) is 21.3 Å². The van der Waals surface area contributed by atoms with Crippen LogP contribution in [0.15, 0.2) is 0 Å². The lowest BCUT2D eigenvalue weighted by molar-refractivity contribution is 0.146. The lowest BCUT2D eigenvalue weighted by atomic mass is 10.1. The van der Waals surface area contributed by atoms with E-state index in [4.69, 9.17) is 4.74 Å². The van der Waals surface area contributed by atoms with E-state index in [1.165, 1.54) is 25.7 Å². The van der Waals surface area contributed by atoms with Gasteiger partial charge in [0.2, 0.25) is 0 Å². The van der Waals surface area contributed by atoms with Crippen LogP contribution in [0.3, 0.4) is 0 Å². The van der Waals surface area contributed by atoms with Crippen molar-refractivity contribution in [3.05, 3.63) is 0 Å². The smallest absolute Gasteiger partial charge is 0.0502 e. The van der Waals surface area contributed by atoms with Gasteiger partial charge in [0.1, 0.15) is 0 Å². The van der Waals surface area contributed by atoms with Crippen molar-refractivity contribution in [2.24, 2.45) is 5.92 Å². The molecule has 2 heteroatoms. The first-order valence-electron chi connectivity index (χ1n) is 5.09. The standard InChI is InChI=1S/C10H21NO/c1-3-4-9(8-12-2)7-11-10-5-6-10/h9-11H,3-8H2,1-2H3. The molecule has 1 atom stereocenters. The Labute approximate surface area is 75.7 Å². The third-order valence-electron chi connectivity index (χ3n) is 2.37. The predicted octanol–water partition coefficient (Wildman–Crippen LogP) is 1.80. The van der Waals surface area contributed by atoms with Crippen LogP contribution >= 0.6 is 0 Å². The third-order valence-corrected chi connectivity index (χ3v) is 2.37. The molecule has 0 aromatic carbocycles. The van der Waals surface area contributed by atoms with Crippen molar-refractivity contribution in [2.45, 2.75) is 38.6 Å². The van der Waals surface area contributed by atoms with E-state index in [9.17, 15) is 0 Å². The first kappa shape index (κ1) is 10.0. The minimum absolute atomic E-state index is 0.723. The SMILES string of the molecule is CCCC(CNC1CC1)COC. The molecule has 0 amide bonds. The number of hydrogen-bond donors (Lipinski definition) is 1. The van der Waals surface area contributed by atoms with E-state index in [0.717, 1.165) is 25.1 Å². The maximum absolute atomic E-state index is 5.17. The molecule has 0 aliphatic heterocycles. The van der Waals surface area contributed by atoms with E-state index in [0.29, 0.717) is 0 Å². The lowest BCUT2D eigenvalue weighted by Crippen LogP contribution is -2.27. The van der Waals surface area contributed by atoms with Gasteiger partial charge in [-0.05, 0) is 25.2 Å². The second-order valence-corrected chi connectivity index (χ2v) is 3.79. The number of ether oxygens (including phenoxy) is 1. The van der Waals surface area contributed by atoms with E-state index in [-0.39, 0.29) is 0 Å². The molecule has 1 N–H and O–H groups in total. The van der Waals surface area contributed by atoms with Gasteiger partial charge in [-0.3, -0.25) is 0 Å². The zero-order valence-electron chi connectivity index (χ0n) is 8.31. The largest absolute Gasteiger partial charge is 0.384 e. The molecule has 0 radical (unpaired) electrons. The third kappa shape index (κ3) is 4.07. The Hall–Kier alpha value is -0.0800. The number of hydrogen-bond acceptors (Lipinski definition) is 2. The molecule has 1 saturated carbocycles. The zero-order chi connectivity index (χ0) is 8.81. The summed E-state index contributed by atoms with van der Waals surface area (Å²) in [5.41, 5.74) is 0. The van der Waals surface area contributed by atoms with Gasteiger partial charge in [-0.25, -0.2) is 0 Å². The van der Waals surface area contributed by atoms with E-state index >= 15 is 0 Å². The summed E-state index contributed by atoms with van der Waals surface area (Å²) in [6, 6.07) is 0.834. The van der Waals surface area contributed by atoms with Crippen LogP contribution < -0.4 is 5.32 Å².